The molecule has 11 nitrogen and oxygen atoms in total. The largest absolute Gasteiger partial charge is 0.458 e. The fourth-order valence-corrected chi connectivity index (χ4v) is 2.90. The van der Waals surface area contributed by atoms with Gasteiger partial charge in [0.1, 0.15) is 11.6 Å². The number of nitrogens with two attached hydrogens (primary N) is 1. The summed E-state index contributed by atoms with van der Waals surface area (Å²) >= 11 is 0. The number of carbonyl (C=O) groups excluding carboxylic acids is 3. The maximum atomic E-state index is 12.7. The number of nitrogens with one attached hydrogen (secondary N) is 3. The minimum Gasteiger partial charge on any atom is -0.458 e. The van der Waals surface area contributed by atoms with Gasteiger partial charge in [-0.25, -0.2) is 4.79 Å². The molecule has 0 saturated heterocycles. The standard InChI is InChI=1S/C25H42N4O7/c1-25(2,3)36-24(32)21(29-23(31)19-5-7-20(27-4)8-6-19)9-10-22(30)28-12-14-34-16-18-35-17-15-33-13-11-26/h5-8,21,27H,9-18,26H2,1-4H3,(H,28,30)(H,29,31)/t21-/m1/s1. The fraction of sp³-hybridized carbons (Fsp3) is 0.640. The number of hydrogen-bond acceptors (Lipinski definition) is 9. The summed E-state index contributed by atoms with van der Waals surface area (Å²) in [5.74, 6) is -1.27. The van der Waals surface area contributed by atoms with Crippen molar-refractivity contribution in [2.45, 2.75) is 45.3 Å². The van der Waals surface area contributed by atoms with E-state index in [4.69, 9.17) is 24.7 Å². The number of anilines is 1. The van der Waals surface area contributed by atoms with E-state index in [1.54, 1.807) is 52.1 Å². The lowest BCUT2D eigenvalue weighted by Crippen LogP contribution is -2.45. The molecule has 11 heteroatoms. The molecule has 1 aromatic carbocycles. The Kier molecular flexibility index (Phi) is 15.4. The van der Waals surface area contributed by atoms with E-state index in [1.807, 2.05) is 0 Å². The highest BCUT2D eigenvalue weighted by atomic mass is 16.6. The van der Waals surface area contributed by atoms with Crippen LogP contribution >= 0.6 is 0 Å². The normalized spacial score (nSPS) is 12.0. The zero-order valence-corrected chi connectivity index (χ0v) is 21.9. The topological polar surface area (TPSA) is 150 Å². The second-order valence-electron chi connectivity index (χ2n) is 8.90. The molecule has 36 heavy (non-hydrogen) atoms. The number of carbonyl (C=O) groups is 3. The lowest BCUT2D eigenvalue weighted by Gasteiger charge is -2.24. The second-order valence-corrected chi connectivity index (χ2v) is 8.90. The first-order valence-electron chi connectivity index (χ1n) is 12.2. The van der Waals surface area contributed by atoms with E-state index >= 15 is 0 Å². The van der Waals surface area contributed by atoms with E-state index in [0.29, 0.717) is 58.3 Å². The summed E-state index contributed by atoms with van der Waals surface area (Å²) in [5, 5.41) is 8.41. The van der Waals surface area contributed by atoms with Gasteiger partial charge in [0.2, 0.25) is 5.91 Å². The Balaban J connectivity index is 2.41. The van der Waals surface area contributed by atoms with Gasteiger partial charge in [0.15, 0.2) is 0 Å². The highest BCUT2D eigenvalue weighted by Gasteiger charge is 2.27. The van der Waals surface area contributed by atoms with Crippen molar-refractivity contribution in [3.05, 3.63) is 29.8 Å². The van der Waals surface area contributed by atoms with Crippen molar-refractivity contribution in [2.24, 2.45) is 5.73 Å². The number of hydrogen-bond donors (Lipinski definition) is 4. The van der Waals surface area contributed by atoms with Crippen LogP contribution in [0, 0.1) is 0 Å². The number of esters is 1. The van der Waals surface area contributed by atoms with Crippen LogP contribution in [0.3, 0.4) is 0 Å². The molecule has 0 radical (unpaired) electrons. The van der Waals surface area contributed by atoms with Crippen LogP contribution in [0.25, 0.3) is 0 Å². The van der Waals surface area contributed by atoms with Crippen molar-refractivity contribution in [3.63, 3.8) is 0 Å². The molecule has 204 valence electrons. The van der Waals surface area contributed by atoms with Crippen LogP contribution in [0.5, 0.6) is 0 Å². The molecule has 0 heterocycles. The SMILES string of the molecule is CNc1ccc(C(=O)N[C@H](CCC(=O)NCCOCCOCCOCCN)C(=O)OC(C)(C)C)cc1. The molecule has 0 fully saturated rings. The second kappa shape index (κ2) is 17.7. The number of benzene rings is 1. The van der Waals surface area contributed by atoms with Crippen molar-refractivity contribution in [3.8, 4) is 0 Å². The van der Waals surface area contributed by atoms with Gasteiger partial charge in [-0.15, -0.1) is 0 Å². The van der Waals surface area contributed by atoms with Crippen LogP contribution in [-0.2, 0) is 28.5 Å². The number of ether oxygens (including phenoxy) is 4. The Morgan fingerprint density at radius 3 is 2.06 bits per heavy atom. The fourth-order valence-electron chi connectivity index (χ4n) is 2.90. The summed E-state index contributed by atoms with van der Waals surface area (Å²) in [6.45, 7) is 8.65. The highest BCUT2D eigenvalue weighted by Crippen LogP contribution is 2.13. The van der Waals surface area contributed by atoms with Gasteiger partial charge in [-0.3, -0.25) is 9.59 Å². The Morgan fingerprint density at radius 2 is 1.50 bits per heavy atom. The van der Waals surface area contributed by atoms with Gasteiger partial charge < -0.3 is 40.6 Å². The van der Waals surface area contributed by atoms with Crippen LogP contribution in [0.15, 0.2) is 24.3 Å². The van der Waals surface area contributed by atoms with Crippen molar-refractivity contribution in [2.75, 3.05) is 65.1 Å². The van der Waals surface area contributed by atoms with Crippen LogP contribution < -0.4 is 21.7 Å². The average Bonchev–Trinajstić information content (AvgIpc) is 2.83. The minimum absolute atomic E-state index is 0.0365. The quantitative estimate of drug-likeness (QED) is 0.168. The summed E-state index contributed by atoms with van der Waals surface area (Å²) in [7, 11) is 1.78. The molecular formula is C25H42N4O7. The molecule has 0 aliphatic carbocycles. The molecule has 1 rings (SSSR count). The third-order valence-electron chi connectivity index (χ3n) is 4.67. The highest BCUT2D eigenvalue weighted by molar-refractivity contribution is 5.97. The van der Waals surface area contributed by atoms with Gasteiger partial charge in [-0.2, -0.15) is 0 Å². The molecule has 0 aromatic heterocycles. The van der Waals surface area contributed by atoms with Crippen molar-refractivity contribution in [1.29, 1.82) is 0 Å². The van der Waals surface area contributed by atoms with Crippen LogP contribution in [-0.4, -0.2) is 89.2 Å². The first kappa shape index (κ1) is 31.3. The van der Waals surface area contributed by atoms with Gasteiger partial charge in [-0.05, 0) is 51.5 Å². The van der Waals surface area contributed by atoms with Gasteiger partial charge in [-0.1, -0.05) is 0 Å². The van der Waals surface area contributed by atoms with Crippen molar-refractivity contribution < 1.29 is 33.3 Å². The van der Waals surface area contributed by atoms with E-state index in [9.17, 15) is 14.4 Å². The van der Waals surface area contributed by atoms with E-state index in [1.165, 1.54) is 0 Å². The smallest absolute Gasteiger partial charge is 0.329 e. The van der Waals surface area contributed by atoms with E-state index in [-0.39, 0.29) is 18.7 Å². The van der Waals surface area contributed by atoms with Crippen LogP contribution in [0.4, 0.5) is 5.69 Å². The molecule has 0 spiro atoms. The molecule has 1 aromatic rings. The first-order chi connectivity index (χ1) is 17.2. The summed E-state index contributed by atoms with van der Waals surface area (Å²) < 4.78 is 21.4. The maximum absolute atomic E-state index is 12.7. The Hall–Kier alpha value is -2.73. The van der Waals surface area contributed by atoms with E-state index in [2.05, 4.69) is 16.0 Å². The van der Waals surface area contributed by atoms with Gasteiger partial charge >= 0.3 is 5.97 Å². The van der Waals surface area contributed by atoms with Crippen LogP contribution in [0.2, 0.25) is 0 Å². The molecule has 0 unspecified atom stereocenters. The zero-order valence-electron chi connectivity index (χ0n) is 21.9. The summed E-state index contributed by atoms with van der Waals surface area (Å²) in [4.78, 5) is 37.6. The molecule has 1 atom stereocenters. The molecule has 0 aliphatic rings. The van der Waals surface area contributed by atoms with Gasteiger partial charge in [0.25, 0.3) is 5.91 Å². The molecule has 0 saturated carbocycles. The summed E-state index contributed by atoms with van der Waals surface area (Å²) in [5.41, 5.74) is 5.85. The summed E-state index contributed by atoms with van der Waals surface area (Å²) in [6, 6.07) is 5.86. The predicted molar refractivity (Wildman–Crippen MR) is 137 cm³/mol. The Morgan fingerprint density at radius 1 is 0.917 bits per heavy atom. The third-order valence-corrected chi connectivity index (χ3v) is 4.67. The average molecular weight is 511 g/mol. The third kappa shape index (κ3) is 14.6. The minimum atomic E-state index is -0.964. The summed E-state index contributed by atoms with van der Waals surface area (Å²) in [6.07, 6.45) is 0.136. The molecule has 0 aliphatic heterocycles. The Labute approximate surface area is 213 Å². The van der Waals surface area contributed by atoms with Gasteiger partial charge in [0, 0.05) is 37.8 Å². The first-order valence-corrected chi connectivity index (χ1v) is 12.2. The number of amides is 2. The molecule has 0 bridgehead atoms. The molecule has 2 amide bonds. The number of rotatable bonds is 18. The lowest BCUT2D eigenvalue weighted by molar-refractivity contribution is -0.157. The van der Waals surface area contributed by atoms with Gasteiger partial charge in [0.05, 0.1) is 39.6 Å². The molecule has 5 N–H and O–H groups in total. The van der Waals surface area contributed by atoms with Crippen LogP contribution in [0.1, 0.15) is 44.0 Å². The Bertz CT molecular complexity index is 782. The monoisotopic (exact) mass is 510 g/mol. The lowest BCUT2D eigenvalue weighted by atomic mass is 10.1. The van der Waals surface area contributed by atoms with Crippen molar-refractivity contribution >= 4 is 23.5 Å². The van der Waals surface area contributed by atoms with Crippen molar-refractivity contribution in [1.82, 2.24) is 10.6 Å². The van der Waals surface area contributed by atoms with E-state index in [0.717, 1.165) is 5.69 Å². The zero-order chi connectivity index (χ0) is 26.8. The predicted octanol–water partition coefficient (Wildman–Crippen LogP) is 1.07. The van der Waals surface area contributed by atoms with E-state index < -0.39 is 23.5 Å². The maximum Gasteiger partial charge on any atom is 0.329 e. The molecular weight excluding hydrogens is 468 g/mol.